The van der Waals surface area contributed by atoms with E-state index in [0.717, 1.165) is 0 Å². The Labute approximate surface area is 126 Å². The fourth-order valence-electron chi connectivity index (χ4n) is 2.25. The van der Waals surface area contributed by atoms with Crippen LogP contribution in [0.5, 0.6) is 0 Å². The quantitative estimate of drug-likeness (QED) is 0.477. The van der Waals surface area contributed by atoms with Gasteiger partial charge in [-0.2, -0.15) is 0 Å². The fourth-order valence-corrected chi connectivity index (χ4v) is 2.59. The van der Waals surface area contributed by atoms with Gasteiger partial charge in [-0.05, 0) is 13.3 Å². The third-order valence-corrected chi connectivity index (χ3v) is 3.90. The number of phosphoric ester groups is 1. The first kappa shape index (κ1) is 17.3. The number of carbonyl (C=O) groups excluding carboxylic acids is 1. The van der Waals surface area contributed by atoms with Gasteiger partial charge in [0.05, 0.1) is 6.61 Å². The standard InChI is InChI=1S/C12H18NO8P/c1-7(14)8-3-2-4-13(5-8)12-11(16)10(15)9(21-12)6-20-22(17,18)19/h2,4-5,9-12,15-16H,3,6H2,1H3,(H2,17,18,19)/t9-,10-,11-,12-/m1/s1. The number of ketones is 1. The highest BCUT2D eigenvalue weighted by atomic mass is 31.2. The maximum absolute atomic E-state index is 11.4. The molecule has 0 aromatic carbocycles. The predicted molar refractivity (Wildman–Crippen MR) is 73.0 cm³/mol. The van der Waals surface area contributed by atoms with Crippen LogP contribution < -0.4 is 0 Å². The second-order valence-electron chi connectivity index (χ2n) is 5.08. The van der Waals surface area contributed by atoms with Gasteiger partial charge in [0.25, 0.3) is 0 Å². The van der Waals surface area contributed by atoms with Crippen LogP contribution >= 0.6 is 7.82 Å². The van der Waals surface area contributed by atoms with E-state index < -0.39 is 39.0 Å². The Kier molecular flexibility index (Phi) is 5.18. The summed E-state index contributed by atoms with van der Waals surface area (Å²) in [5, 5.41) is 19.9. The summed E-state index contributed by atoms with van der Waals surface area (Å²) >= 11 is 0. The molecule has 2 rings (SSSR count). The van der Waals surface area contributed by atoms with Crippen LogP contribution in [-0.4, -0.2) is 61.8 Å². The minimum atomic E-state index is -4.70. The van der Waals surface area contributed by atoms with Crippen molar-refractivity contribution in [1.82, 2.24) is 4.90 Å². The smallest absolute Gasteiger partial charge is 0.387 e. The van der Waals surface area contributed by atoms with E-state index in [2.05, 4.69) is 4.52 Å². The van der Waals surface area contributed by atoms with E-state index >= 15 is 0 Å². The maximum atomic E-state index is 11.4. The van der Waals surface area contributed by atoms with Crippen LogP contribution in [0.1, 0.15) is 13.3 Å². The van der Waals surface area contributed by atoms with Gasteiger partial charge in [-0.25, -0.2) is 4.57 Å². The summed E-state index contributed by atoms with van der Waals surface area (Å²) in [7, 11) is -4.70. The third kappa shape index (κ3) is 4.02. The number of rotatable bonds is 5. The van der Waals surface area contributed by atoms with Crippen molar-refractivity contribution in [2.24, 2.45) is 0 Å². The Bertz CT molecular complexity index is 541. The molecular weight excluding hydrogens is 317 g/mol. The summed E-state index contributed by atoms with van der Waals surface area (Å²) in [6, 6.07) is 0. The van der Waals surface area contributed by atoms with Crippen LogP contribution in [-0.2, 0) is 18.6 Å². The maximum Gasteiger partial charge on any atom is 0.469 e. The average molecular weight is 335 g/mol. The average Bonchev–Trinajstić information content (AvgIpc) is 2.72. The van der Waals surface area contributed by atoms with Crippen molar-refractivity contribution in [3.63, 3.8) is 0 Å². The number of ether oxygens (including phenoxy) is 1. The van der Waals surface area contributed by atoms with Crippen LogP contribution in [0.25, 0.3) is 0 Å². The van der Waals surface area contributed by atoms with E-state index in [9.17, 15) is 19.6 Å². The van der Waals surface area contributed by atoms with E-state index in [4.69, 9.17) is 14.5 Å². The number of allylic oxidation sites excluding steroid dienone is 2. The van der Waals surface area contributed by atoms with Gasteiger partial charge in [-0.15, -0.1) is 0 Å². The number of hydrogen-bond donors (Lipinski definition) is 4. The predicted octanol–water partition coefficient (Wildman–Crippen LogP) is -0.765. The largest absolute Gasteiger partial charge is 0.469 e. The van der Waals surface area contributed by atoms with Crippen molar-refractivity contribution in [1.29, 1.82) is 0 Å². The number of Topliss-reactive ketones (excluding diaryl/α,β-unsaturated/α-hetero) is 1. The zero-order chi connectivity index (χ0) is 16.5. The van der Waals surface area contributed by atoms with Crippen LogP contribution in [0.2, 0.25) is 0 Å². The fraction of sp³-hybridized carbons (Fsp3) is 0.583. The summed E-state index contributed by atoms with van der Waals surface area (Å²) in [6.45, 7) is 0.848. The molecule has 124 valence electrons. The molecule has 9 nitrogen and oxygen atoms in total. The summed E-state index contributed by atoms with van der Waals surface area (Å²) < 4.78 is 20.4. The van der Waals surface area contributed by atoms with Gasteiger partial charge in [0, 0.05) is 18.0 Å². The lowest BCUT2D eigenvalue weighted by molar-refractivity contribution is -0.114. The van der Waals surface area contributed by atoms with Crippen LogP contribution in [0, 0.1) is 0 Å². The number of hydrogen-bond acceptors (Lipinski definition) is 7. The SMILES string of the molecule is CC(=O)C1=CN([C@@H]2O[C@H](COP(=O)(O)O)[C@@H](O)[C@H]2O)C=CC1. The second kappa shape index (κ2) is 6.59. The molecular formula is C12H18NO8P. The summed E-state index contributed by atoms with van der Waals surface area (Å²) in [5.41, 5.74) is 0.516. The Hall–Kier alpha value is -1.06. The summed E-state index contributed by atoms with van der Waals surface area (Å²) in [5.74, 6) is -0.122. The van der Waals surface area contributed by atoms with Crippen molar-refractivity contribution in [3.8, 4) is 0 Å². The summed E-state index contributed by atoms with van der Waals surface area (Å²) in [6.07, 6.45) is 0.497. The van der Waals surface area contributed by atoms with Gasteiger partial charge in [-0.1, -0.05) is 6.08 Å². The van der Waals surface area contributed by atoms with Crippen LogP contribution in [0.3, 0.4) is 0 Å². The van der Waals surface area contributed by atoms with E-state index in [-0.39, 0.29) is 5.78 Å². The molecule has 2 aliphatic rings. The first-order valence-electron chi connectivity index (χ1n) is 6.56. The third-order valence-electron chi connectivity index (χ3n) is 3.41. The van der Waals surface area contributed by atoms with E-state index in [1.165, 1.54) is 18.0 Å². The number of nitrogens with zero attached hydrogens (tertiary/aromatic N) is 1. The Morgan fingerprint density at radius 2 is 2.14 bits per heavy atom. The molecule has 0 bridgehead atoms. The lowest BCUT2D eigenvalue weighted by Gasteiger charge is -2.28. The molecule has 10 heteroatoms. The molecule has 4 N–H and O–H groups in total. The monoisotopic (exact) mass is 335 g/mol. The van der Waals surface area contributed by atoms with Crippen molar-refractivity contribution in [2.45, 2.75) is 37.9 Å². The zero-order valence-corrected chi connectivity index (χ0v) is 12.7. The zero-order valence-electron chi connectivity index (χ0n) is 11.8. The molecule has 4 atom stereocenters. The molecule has 0 radical (unpaired) electrons. The lowest BCUT2D eigenvalue weighted by atomic mass is 10.1. The Balaban J connectivity index is 2.06. The number of aliphatic hydroxyl groups is 2. The molecule has 0 aliphatic carbocycles. The number of carbonyl (C=O) groups is 1. The Morgan fingerprint density at radius 3 is 2.73 bits per heavy atom. The number of aliphatic hydroxyl groups excluding tert-OH is 2. The van der Waals surface area contributed by atoms with Crippen LogP contribution in [0.15, 0.2) is 24.0 Å². The highest BCUT2D eigenvalue weighted by Crippen LogP contribution is 2.37. The molecule has 0 aromatic rings. The second-order valence-corrected chi connectivity index (χ2v) is 6.32. The van der Waals surface area contributed by atoms with Gasteiger partial charge < -0.3 is 29.6 Å². The van der Waals surface area contributed by atoms with Crippen LogP contribution in [0.4, 0.5) is 0 Å². The highest BCUT2D eigenvalue weighted by Gasteiger charge is 2.45. The van der Waals surface area contributed by atoms with Crippen molar-refractivity contribution in [2.75, 3.05) is 6.61 Å². The van der Waals surface area contributed by atoms with Gasteiger partial charge in [0.2, 0.25) is 0 Å². The minimum absolute atomic E-state index is 0.122. The van der Waals surface area contributed by atoms with Gasteiger partial charge in [-0.3, -0.25) is 9.32 Å². The highest BCUT2D eigenvalue weighted by molar-refractivity contribution is 7.46. The molecule has 0 saturated carbocycles. The van der Waals surface area contributed by atoms with E-state index in [0.29, 0.717) is 12.0 Å². The van der Waals surface area contributed by atoms with Crippen molar-refractivity contribution in [3.05, 3.63) is 24.0 Å². The van der Waals surface area contributed by atoms with Gasteiger partial charge in [0.1, 0.15) is 18.3 Å². The lowest BCUT2D eigenvalue weighted by Crippen LogP contribution is -2.40. The molecule has 1 fully saturated rings. The summed E-state index contributed by atoms with van der Waals surface area (Å²) in [4.78, 5) is 30.2. The topological polar surface area (TPSA) is 137 Å². The molecule has 2 aliphatic heterocycles. The minimum Gasteiger partial charge on any atom is -0.387 e. The van der Waals surface area contributed by atoms with Gasteiger partial charge in [0.15, 0.2) is 12.0 Å². The molecule has 0 spiro atoms. The van der Waals surface area contributed by atoms with E-state index in [1.54, 1.807) is 12.3 Å². The first-order valence-corrected chi connectivity index (χ1v) is 8.09. The molecule has 0 unspecified atom stereocenters. The van der Waals surface area contributed by atoms with Crippen molar-refractivity contribution < 1.29 is 38.6 Å². The molecule has 2 heterocycles. The van der Waals surface area contributed by atoms with Crippen molar-refractivity contribution >= 4 is 13.6 Å². The molecule has 0 aromatic heterocycles. The molecule has 0 amide bonds. The van der Waals surface area contributed by atoms with Gasteiger partial charge >= 0.3 is 7.82 Å². The molecule has 22 heavy (non-hydrogen) atoms. The Morgan fingerprint density at radius 1 is 1.45 bits per heavy atom. The first-order chi connectivity index (χ1) is 10.2. The van der Waals surface area contributed by atoms with E-state index in [1.807, 2.05) is 0 Å². The number of phosphoric acid groups is 1. The molecule has 1 saturated heterocycles. The normalized spacial score (nSPS) is 32.2.